The first kappa shape index (κ1) is 16.1. The van der Waals surface area contributed by atoms with E-state index in [-0.39, 0.29) is 12.3 Å². The van der Waals surface area contributed by atoms with Crippen LogP contribution in [-0.4, -0.2) is 37.6 Å². The number of pyridine rings is 1. The SMILES string of the molecule is CCOC(OCC)C(Cc1ccc(CC)cn1)NC. The van der Waals surface area contributed by atoms with Crippen molar-refractivity contribution in [2.45, 2.75) is 45.9 Å². The average Bonchev–Trinajstić information content (AvgIpc) is 2.45. The summed E-state index contributed by atoms with van der Waals surface area (Å²) in [5.41, 5.74) is 2.32. The molecule has 0 aromatic carbocycles. The molecule has 0 bridgehead atoms. The fraction of sp³-hybridized carbons (Fsp3) is 0.667. The van der Waals surface area contributed by atoms with Gasteiger partial charge in [-0.25, -0.2) is 0 Å². The Hall–Kier alpha value is -0.970. The molecule has 4 nitrogen and oxygen atoms in total. The van der Waals surface area contributed by atoms with Crippen molar-refractivity contribution in [1.82, 2.24) is 10.3 Å². The Balaban J connectivity index is 2.67. The lowest BCUT2D eigenvalue weighted by Gasteiger charge is -2.26. The molecule has 0 saturated heterocycles. The zero-order chi connectivity index (χ0) is 14.1. The number of hydrogen-bond acceptors (Lipinski definition) is 4. The fourth-order valence-corrected chi connectivity index (χ4v) is 1.95. The van der Waals surface area contributed by atoms with E-state index in [9.17, 15) is 0 Å². The van der Waals surface area contributed by atoms with Crippen molar-refractivity contribution in [3.8, 4) is 0 Å². The van der Waals surface area contributed by atoms with Gasteiger partial charge < -0.3 is 14.8 Å². The third-order valence-corrected chi connectivity index (χ3v) is 3.08. The van der Waals surface area contributed by atoms with E-state index in [1.165, 1.54) is 5.56 Å². The van der Waals surface area contributed by atoms with E-state index in [0.29, 0.717) is 13.2 Å². The minimum Gasteiger partial charge on any atom is -0.351 e. The minimum atomic E-state index is -0.229. The second-order valence-electron chi connectivity index (χ2n) is 4.39. The molecule has 1 rings (SSSR count). The molecule has 1 aromatic rings. The first-order chi connectivity index (χ1) is 9.24. The Morgan fingerprint density at radius 3 is 2.26 bits per heavy atom. The third kappa shape index (κ3) is 5.27. The molecule has 1 unspecified atom stereocenters. The van der Waals surface area contributed by atoms with Gasteiger partial charge in [-0.2, -0.15) is 0 Å². The van der Waals surface area contributed by atoms with Crippen LogP contribution in [0.5, 0.6) is 0 Å². The van der Waals surface area contributed by atoms with E-state index in [4.69, 9.17) is 9.47 Å². The van der Waals surface area contributed by atoms with E-state index in [2.05, 4.69) is 29.4 Å². The van der Waals surface area contributed by atoms with Crippen LogP contribution in [0.2, 0.25) is 0 Å². The summed E-state index contributed by atoms with van der Waals surface area (Å²) >= 11 is 0. The minimum absolute atomic E-state index is 0.111. The summed E-state index contributed by atoms with van der Waals surface area (Å²) in [6.07, 6.45) is 3.53. The van der Waals surface area contributed by atoms with Crippen LogP contribution in [0.25, 0.3) is 0 Å². The second-order valence-corrected chi connectivity index (χ2v) is 4.39. The molecule has 0 aliphatic rings. The van der Waals surface area contributed by atoms with E-state index < -0.39 is 0 Å². The summed E-state index contributed by atoms with van der Waals surface area (Å²) in [4.78, 5) is 4.49. The smallest absolute Gasteiger partial charge is 0.173 e. The zero-order valence-corrected chi connectivity index (χ0v) is 12.5. The molecule has 1 atom stereocenters. The maximum atomic E-state index is 5.64. The van der Waals surface area contributed by atoms with Gasteiger partial charge in [-0.15, -0.1) is 0 Å². The lowest BCUT2D eigenvalue weighted by atomic mass is 10.1. The van der Waals surface area contributed by atoms with Gasteiger partial charge in [0.1, 0.15) is 0 Å². The number of nitrogens with zero attached hydrogens (tertiary/aromatic N) is 1. The Morgan fingerprint density at radius 2 is 1.84 bits per heavy atom. The highest BCUT2D eigenvalue weighted by molar-refractivity contribution is 5.14. The molecule has 19 heavy (non-hydrogen) atoms. The molecule has 1 N–H and O–H groups in total. The van der Waals surface area contributed by atoms with Crippen LogP contribution in [0, 0.1) is 0 Å². The fourth-order valence-electron chi connectivity index (χ4n) is 1.95. The zero-order valence-electron chi connectivity index (χ0n) is 12.5. The van der Waals surface area contributed by atoms with Gasteiger partial charge in [0.25, 0.3) is 0 Å². The number of rotatable bonds is 9. The Morgan fingerprint density at radius 1 is 1.16 bits per heavy atom. The number of ether oxygens (including phenoxy) is 2. The molecule has 4 heteroatoms. The normalized spacial score (nSPS) is 12.9. The summed E-state index contributed by atoms with van der Waals surface area (Å²) in [6, 6.07) is 4.32. The largest absolute Gasteiger partial charge is 0.351 e. The summed E-state index contributed by atoms with van der Waals surface area (Å²) in [7, 11) is 1.93. The van der Waals surface area contributed by atoms with Crippen LogP contribution in [0.15, 0.2) is 18.3 Å². The first-order valence-electron chi connectivity index (χ1n) is 7.09. The van der Waals surface area contributed by atoms with Gasteiger partial charge in [0, 0.05) is 31.5 Å². The number of aromatic nitrogens is 1. The van der Waals surface area contributed by atoms with Crippen molar-refractivity contribution >= 4 is 0 Å². The van der Waals surface area contributed by atoms with Gasteiger partial charge in [-0.3, -0.25) is 4.98 Å². The molecule has 0 aliphatic heterocycles. The van der Waals surface area contributed by atoms with Crippen LogP contribution in [0.3, 0.4) is 0 Å². The van der Waals surface area contributed by atoms with Crippen molar-refractivity contribution in [3.05, 3.63) is 29.6 Å². The average molecular weight is 266 g/mol. The summed E-state index contributed by atoms with van der Waals surface area (Å²) in [5.74, 6) is 0. The van der Waals surface area contributed by atoms with E-state index in [1.54, 1.807) is 0 Å². The molecule has 108 valence electrons. The Bertz CT molecular complexity index is 335. The van der Waals surface area contributed by atoms with Crippen molar-refractivity contribution < 1.29 is 9.47 Å². The van der Waals surface area contributed by atoms with Gasteiger partial charge >= 0.3 is 0 Å². The maximum absolute atomic E-state index is 5.64. The van der Waals surface area contributed by atoms with E-state index in [1.807, 2.05) is 27.1 Å². The standard InChI is InChI=1S/C15H26N2O2/c1-5-12-8-9-13(17-11-12)10-14(16-4)15(18-6-2)19-7-3/h8-9,11,14-16H,5-7,10H2,1-4H3. The van der Waals surface area contributed by atoms with Crippen molar-refractivity contribution in [1.29, 1.82) is 0 Å². The molecule has 0 spiro atoms. The van der Waals surface area contributed by atoms with Crippen LogP contribution >= 0.6 is 0 Å². The molecule has 1 heterocycles. The quantitative estimate of drug-likeness (QED) is 0.696. The van der Waals surface area contributed by atoms with Crippen LogP contribution in [0.1, 0.15) is 32.0 Å². The van der Waals surface area contributed by atoms with Gasteiger partial charge in [-0.1, -0.05) is 13.0 Å². The molecular weight excluding hydrogens is 240 g/mol. The molecule has 0 fully saturated rings. The molecule has 0 amide bonds. The lowest BCUT2D eigenvalue weighted by molar-refractivity contribution is -0.152. The predicted octanol–water partition coefficient (Wildman–Crippen LogP) is 2.17. The Labute approximate surface area is 116 Å². The molecule has 0 saturated carbocycles. The first-order valence-corrected chi connectivity index (χ1v) is 7.09. The van der Waals surface area contributed by atoms with Gasteiger partial charge in [-0.05, 0) is 38.9 Å². The van der Waals surface area contributed by atoms with Gasteiger partial charge in [0.2, 0.25) is 0 Å². The van der Waals surface area contributed by atoms with Crippen LogP contribution in [0.4, 0.5) is 0 Å². The summed E-state index contributed by atoms with van der Waals surface area (Å²) in [6.45, 7) is 7.38. The van der Waals surface area contributed by atoms with Crippen molar-refractivity contribution in [3.63, 3.8) is 0 Å². The van der Waals surface area contributed by atoms with Crippen molar-refractivity contribution in [2.75, 3.05) is 20.3 Å². The summed E-state index contributed by atoms with van der Waals surface area (Å²) in [5, 5.41) is 3.26. The predicted molar refractivity (Wildman–Crippen MR) is 77.2 cm³/mol. The maximum Gasteiger partial charge on any atom is 0.173 e. The topological polar surface area (TPSA) is 43.4 Å². The molecule has 0 aliphatic carbocycles. The monoisotopic (exact) mass is 266 g/mol. The van der Waals surface area contributed by atoms with Gasteiger partial charge in [0.05, 0.1) is 6.04 Å². The van der Waals surface area contributed by atoms with Crippen LogP contribution in [-0.2, 0) is 22.3 Å². The number of nitrogens with one attached hydrogen (secondary N) is 1. The number of aryl methyl sites for hydroxylation is 1. The second kappa shape index (κ2) is 9.02. The van der Waals surface area contributed by atoms with E-state index >= 15 is 0 Å². The molecular formula is C15H26N2O2. The third-order valence-electron chi connectivity index (χ3n) is 3.08. The van der Waals surface area contributed by atoms with Crippen molar-refractivity contribution in [2.24, 2.45) is 0 Å². The highest BCUT2D eigenvalue weighted by Crippen LogP contribution is 2.09. The Kier molecular flexibility index (Phi) is 7.63. The summed E-state index contributed by atoms with van der Waals surface area (Å²) < 4.78 is 11.3. The molecule has 0 radical (unpaired) electrons. The van der Waals surface area contributed by atoms with Gasteiger partial charge in [0.15, 0.2) is 6.29 Å². The number of hydrogen-bond donors (Lipinski definition) is 1. The number of likely N-dealkylation sites (N-methyl/N-ethyl adjacent to an activating group) is 1. The highest BCUT2D eigenvalue weighted by atomic mass is 16.7. The highest BCUT2D eigenvalue weighted by Gasteiger charge is 2.21. The van der Waals surface area contributed by atoms with Crippen LogP contribution < -0.4 is 5.32 Å². The van der Waals surface area contributed by atoms with E-state index in [0.717, 1.165) is 18.5 Å². The molecule has 1 aromatic heterocycles. The lowest BCUT2D eigenvalue weighted by Crippen LogP contribution is -2.43.